The minimum absolute atomic E-state index is 0.0538. The van der Waals surface area contributed by atoms with E-state index in [1.165, 1.54) is 148 Å². The Morgan fingerprint density at radius 2 is 0.758 bits per heavy atom. The second kappa shape index (κ2) is 52.7. The Morgan fingerprint density at radius 3 is 1.27 bits per heavy atom. The summed E-state index contributed by atoms with van der Waals surface area (Å²) in [6, 6.07) is 0. The maximum atomic E-state index is 12.8. The maximum Gasteiger partial charge on any atom is 0.306 e. The highest BCUT2D eigenvalue weighted by atomic mass is 16.6. The third-order valence-electron chi connectivity index (χ3n) is 11.2. The first-order chi connectivity index (χ1) is 30.6. The summed E-state index contributed by atoms with van der Waals surface area (Å²) in [5, 5.41) is 0. The molecule has 0 aromatic rings. The van der Waals surface area contributed by atoms with Gasteiger partial charge < -0.3 is 14.2 Å². The van der Waals surface area contributed by atoms with Crippen LogP contribution >= 0.6 is 0 Å². The molecule has 0 amide bonds. The van der Waals surface area contributed by atoms with Crippen molar-refractivity contribution in [1.82, 2.24) is 0 Å². The number of carbonyl (C=O) groups is 2. The van der Waals surface area contributed by atoms with Gasteiger partial charge in [0.2, 0.25) is 0 Å². The van der Waals surface area contributed by atoms with Gasteiger partial charge in [0, 0.05) is 19.4 Å². The summed E-state index contributed by atoms with van der Waals surface area (Å²) in [5.74, 6) is -0.461. The highest BCUT2D eigenvalue weighted by molar-refractivity contribution is 5.70. The highest BCUT2D eigenvalue weighted by Crippen LogP contribution is 2.15. The standard InChI is InChI=1S/C57H100O5/c1-4-7-10-13-16-19-22-25-27-29-31-33-35-38-41-44-47-50-56(58)61-54-55(53-60-52-49-46-43-40-37-24-21-18-15-12-9-6-3)62-57(59)51-48-45-42-39-36-34-32-30-28-26-23-20-17-14-11-8-5-2/h7,10,15-16,18-19,25,27,31,33,38,41,55H,4-6,8-9,11-14,17,20-24,26,28-30,32,34-37,39-40,42-54H2,1-3H3/b10-7-,18-15-,19-16-,27-25-,33-31-,41-38-. The number of rotatable bonds is 48. The van der Waals surface area contributed by atoms with Gasteiger partial charge in [0.05, 0.1) is 6.61 Å². The van der Waals surface area contributed by atoms with Gasteiger partial charge in [-0.2, -0.15) is 0 Å². The molecule has 0 heterocycles. The van der Waals surface area contributed by atoms with Crippen LogP contribution in [0.5, 0.6) is 0 Å². The van der Waals surface area contributed by atoms with Gasteiger partial charge >= 0.3 is 11.9 Å². The third-order valence-corrected chi connectivity index (χ3v) is 11.2. The van der Waals surface area contributed by atoms with Gasteiger partial charge in [0.1, 0.15) is 6.61 Å². The second-order valence-corrected chi connectivity index (χ2v) is 17.4. The van der Waals surface area contributed by atoms with E-state index in [-0.39, 0.29) is 25.2 Å². The number of esters is 2. The SMILES string of the molecule is CC/C=C\C/C=C\C/C=C\C/C=C\C/C=C\CCCC(=O)OCC(COCCCCCCCC/C=C\CCCC)OC(=O)CCCCCCCCCCCCCCCCCCC. The zero-order chi connectivity index (χ0) is 44.9. The molecule has 0 aliphatic carbocycles. The first-order valence-electron chi connectivity index (χ1n) is 26.5. The number of hydrogen-bond acceptors (Lipinski definition) is 5. The average molecular weight is 865 g/mol. The van der Waals surface area contributed by atoms with Gasteiger partial charge in [-0.3, -0.25) is 9.59 Å². The lowest BCUT2D eigenvalue weighted by molar-refractivity contribution is -0.163. The Labute approximate surface area is 385 Å². The van der Waals surface area contributed by atoms with Gasteiger partial charge in [-0.15, -0.1) is 0 Å². The molecule has 1 unspecified atom stereocenters. The van der Waals surface area contributed by atoms with Gasteiger partial charge in [-0.05, 0) is 77.0 Å². The molecule has 5 heteroatoms. The predicted molar refractivity (Wildman–Crippen MR) is 270 cm³/mol. The molecular weight excluding hydrogens is 765 g/mol. The van der Waals surface area contributed by atoms with Crippen LogP contribution in [0.25, 0.3) is 0 Å². The van der Waals surface area contributed by atoms with Crippen LogP contribution in [0.15, 0.2) is 72.9 Å². The molecule has 0 bridgehead atoms. The third kappa shape index (κ3) is 50.0. The molecule has 0 N–H and O–H groups in total. The first kappa shape index (κ1) is 59.3. The molecule has 0 rings (SSSR count). The largest absolute Gasteiger partial charge is 0.462 e. The van der Waals surface area contributed by atoms with Crippen molar-refractivity contribution in [3.8, 4) is 0 Å². The van der Waals surface area contributed by atoms with Crippen LogP contribution in [0.2, 0.25) is 0 Å². The minimum Gasteiger partial charge on any atom is -0.462 e. The molecule has 0 radical (unpaired) electrons. The van der Waals surface area contributed by atoms with E-state index in [9.17, 15) is 9.59 Å². The molecule has 0 aliphatic heterocycles. The number of unbranched alkanes of at least 4 members (excludes halogenated alkanes) is 25. The van der Waals surface area contributed by atoms with Crippen molar-refractivity contribution in [1.29, 1.82) is 0 Å². The van der Waals surface area contributed by atoms with Crippen LogP contribution < -0.4 is 0 Å². The fourth-order valence-electron chi connectivity index (χ4n) is 7.29. The number of hydrogen-bond donors (Lipinski definition) is 0. The average Bonchev–Trinajstić information content (AvgIpc) is 3.27. The molecule has 5 nitrogen and oxygen atoms in total. The molecule has 0 spiro atoms. The molecule has 0 saturated heterocycles. The van der Waals surface area contributed by atoms with E-state index in [0.29, 0.717) is 19.4 Å². The summed E-state index contributed by atoms with van der Waals surface area (Å²) >= 11 is 0. The Balaban J connectivity index is 4.32. The molecule has 0 saturated carbocycles. The normalized spacial score (nSPS) is 12.8. The Morgan fingerprint density at radius 1 is 0.371 bits per heavy atom. The van der Waals surface area contributed by atoms with Crippen molar-refractivity contribution in [3.63, 3.8) is 0 Å². The molecule has 62 heavy (non-hydrogen) atoms. The number of ether oxygens (including phenoxy) is 3. The van der Waals surface area contributed by atoms with Crippen LogP contribution in [0.1, 0.15) is 252 Å². The van der Waals surface area contributed by atoms with Crippen molar-refractivity contribution in [3.05, 3.63) is 72.9 Å². The Bertz CT molecular complexity index is 1110. The van der Waals surface area contributed by atoms with E-state index in [4.69, 9.17) is 14.2 Å². The van der Waals surface area contributed by atoms with E-state index >= 15 is 0 Å². The van der Waals surface area contributed by atoms with Crippen molar-refractivity contribution in [2.24, 2.45) is 0 Å². The van der Waals surface area contributed by atoms with Gasteiger partial charge in [0.15, 0.2) is 6.10 Å². The predicted octanol–water partition coefficient (Wildman–Crippen LogP) is 17.9. The van der Waals surface area contributed by atoms with Crippen LogP contribution in [-0.2, 0) is 23.8 Å². The summed E-state index contributed by atoms with van der Waals surface area (Å²) in [6.45, 7) is 7.63. The summed E-state index contributed by atoms with van der Waals surface area (Å²) in [7, 11) is 0. The van der Waals surface area contributed by atoms with Gasteiger partial charge in [-0.1, -0.05) is 235 Å². The van der Waals surface area contributed by atoms with Gasteiger partial charge in [0.25, 0.3) is 0 Å². The maximum absolute atomic E-state index is 12.8. The highest BCUT2D eigenvalue weighted by Gasteiger charge is 2.17. The Kier molecular flexibility index (Phi) is 50.4. The van der Waals surface area contributed by atoms with Crippen LogP contribution in [0.3, 0.4) is 0 Å². The molecule has 0 fully saturated rings. The second-order valence-electron chi connectivity index (χ2n) is 17.4. The lowest BCUT2D eigenvalue weighted by Gasteiger charge is -2.18. The monoisotopic (exact) mass is 865 g/mol. The topological polar surface area (TPSA) is 61.8 Å². The first-order valence-corrected chi connectivity index (χ1v) is 26.5. The van der Waals surface area contributed by atoms with Crippen LogP contribution in [-0.4, -0.2) is 37.9 Å². The quantitative estimate of drug-likeness (QED) is 0.0346. The summed E-state index contributed by atoms with van der Waals surface area (Å²) in [5.41, 5.74) is 0. The fraction of sp³-hybridized carbons (Fsp3) is 0.754. The smallest absolute Gasteiger partial charge is 0.306 e. The lowest BCUT2D eigenvalue weighted by Crippen LogP contribution is -2.30. The Hall–Kier alpha value is -2.66. The molecule has 0 aromatic carbocycles. The number of carbonyl (C=O) groups excluding carboxylic acids is 2. The van der Waals surface area contributed by atoms with Gasteiger partial charge in [-0.25, -0.2) is 0 Å². The molecule has 0 aromatic heterocycles. The van der Waals surface area contributed by atoms with Crippen molar-refractivity contribution < 1.29 is 23.8 Å². The zero-order valence-corrected chi connectivity index (χ0v) is 41.1. The summed E-state index contributed by atoms with van der Waals surface area (Å²) in [4.78, 5) is 25.4. The fourth-order valence-corrected chi connectivity index (χ4v) is 7.29. The number of allylic oxidation sites excluding steroid dienone is 12. The van der Waals surface area contributed by atoms with E-state index in [1.807, 2.05) is 0 Å². The summed E-state index contributed by atoms with van der Waals surface area (Å²) < 4.78 is 17.4. The van der Waals surface area contributed by atoms with E-state index < -0.39 is 6.10 Å². The lowest BCUT2D eigenvalue weighted by atomic mass is 10.0. The van der Waals surface area contributed by atoms with Crippen molar-refractivity contribution >= 4 is 11.9 Å². The van der Waals surface area contributed by atoms with Crippen molar-refractivity contribution in [2.75, 3.05) is 19.8 Å². The van der Waals surface area contributed by atoms with Crippen molar-refractivity contribution in [2.45, 2.75) is 258 Å². The minimum atomic E-state index is -0.561. The van der Waals surface area contributed by atoms with Crippen LogP contribution in [0.4, 0.5) is 0 Å². The molecular formula is C57H100O5. The zero-order valence-electron chi connectivity index (χ0n) is 41.1. The summed E-state index contributed by atoms with van der Waals surface area (Å²) in [6.07, 6.45) is 67.7. The molecule has 0 aliphatic rings. The van der Waals surface area contributed by atoms with Crippen LogP contribution in [0, 0.1) is 0 Å². The molecule has 1 atom stereocenters. The molecule has 358 valence electrons. The van der Waals surface area contributed by atoms with E-state index in [1.54, 1.807) is 0 Å². The van der Waals surface area contributed by atoms with E-state index in [2.05, 4.69) is 93.7 Å². The van der Waals surface area contributed by atoms with E-state index in [0.717, 1.165) is 70.6 Å².